The maximum absolute atomic E-state index is 12.6. The number of anilines is 1. The van der Waals surface area contributed by atoms with Gasteiger partial charge in [-0.05, 0) is 61.7 Å². The number of piperidine rings is 3. The Bertz CT molecular complexity index is 902. The van der Waals surface area contributed by atoms with Crippen LogP contribution in [-0.4, -0.2) is 48.6 Å². The van der Waals surface area contributed by atoms with Gasteiger partial charge in [-0.15, -0.1) is 11.3 Å². The molecule has 0 radical (unpaired) electrons. The molecule has 29 heavy (non-hydrogen) atoms. The van der Waals surface area contributed by atoms with Gasteiger partial charge in [0.05, 0.1) is 4.88 Å². The Hall–Kier alpha value is -2.39. The minimum atomic E-state index is -4.93. The van der Waals surface area contributed by atoms with Gasteiger partial charge in [0.1, 0.15) is 0 Å². The smallest absolute Gasteiger partial charge is 0.347 e. The van der Waals surface area contributed by atoms with Crippen LogP contribution in [-0.2, 0) is 4.79 Å². The van der Waals surface area contributed by atoms with Crippen LogP contribution in [0.25, 0.3) is 10.4 Å². The fourth-order valence-electron chi connectivity index (χ4n) is 3.90. The molecule has 4 heterocycles. The largest absolute Gasteiger partial charge is 0.471 e. The Kier molecular flexibility index (Phi) is 5.35. The van der Waals surface area contributed by atoms with Crippen LogP contribution < -0.4 is 10.6 Å². The third kappa shape index (κ3) is 4.45. The zero-order chi connectivity index (χ0) is 20.6. The molecule has 2 N–H and O–H groups in total. The molecule has 3 saturated heterocycles. The van der Waals surface area contributed by atoms with Crippen LogP contribution in [0.15, 0.2) is 36.4 Å². The first-order valence-corrected chi connectivity index (χ1v) is 10.2. The molecule has 9 heteroatoms. The zero-order valence-electron chi connectivity index (χ0n) is 15.5. The fraction of sp³-hybridized carbons (Fsp3) is 0.400. The molecule has 154 valence electrons. The summed E-state index contributed by atoms with van der Waals surface area (Å²) >= 11 is 1.33. The predicted octanol–water partition coefficient (Wildman–Crippen LogP) is 3.74. The molecule has 0 aliphatic carbocycles. The highest BCUT2D eigenvalue weighted by Crippen LogP contribution is 2.31. The summed E-state index contributed by atoms with van der Waals surface area (Å²) < 4.78 is 37.0. The molecule has 5 rings (SSSR count). The number of nitrogens with one attached hydrogen (secondary N) is 2. The predicted molar refractivity (Wildman–Crippen MR) is 105 cm³/mol. The van der Waals surface area contributed by atoms with Crippen LogP contribution in [0.4, 0.5) is 18.9 Å². The molecule has 1 aromatic carbocycles. The maximum Gasteiger partial charge on any atom is 0.471 e. The molecule has 3 aliphatic rings. The van der Waals surface area contributed by atoms with Crippen molar-refractivity contribution in [1.82, 2.24) is 10.2 Å². The van der Waals surface area contributed by atoms with Crippen molar-refractivity contribution in [3.63, 3.8) is 0 Å². The summed E-state index contributed by atoms with van der Waals surface area (Å²) in [5.74, 6) is -1.55. The highest BCUT2D eigenvalue weighted by atomic mass is 32.1. The van der Waals surface area contributed by atoms with E-state index in [4.69, 9.17) is 0 Å². The SMILES string of the molecule is O=C(N[C@H]1CN2CCC1CC2)c1ccc(-c2ccc(NC(=O)C(F)(F)F)cc2)s1. The Morgan fingerprint density at radius 3 is 2.31 bits per heavy atom. The van der Waals surface area contributed by atoms with Crippen LogP contribution in [0, 0.1) is 5.92 Å². The number of carbonyl (C=O) groups is 2. The van der Waals surface area contributed by atoms with Gasteiger partial charge in [0.15, 0.2) is 0 Å². The summed E-state index contributed by atoms with van der Waals surface area (Å²) in [6.45, 7) is 3.12. The van der Waals surface area contributed by atoms with E-state index in [1.165, 1.54) is 23.5 Å². The quantitative estimate of drug-likeness (QED) is 0.788. The lowest BCUT2D eigenvalue weighted by atomic mass is 9.84. The molecule has 2 aromatic rings. The minimum absolute atomic E-state index is 0.0629. The lowest BCUT2D eigenvalue weighted by molar-refractivity contribution is -0.167. The van der Waals surface area contributed by atoms with E-state index in [1.54, 1.807) is 18.2 Å². The molecule has 1 atom stereocenters. The molecule has 0 unspecified atom stereocenters. The molecule has 3 aliphatic heterocycles. The normalized spacial score (nSPS) is 23.6. The van der Waals surface area contributed by atoms with Crippen molar-refractivity contribution in [2.75, 3.05) is 25.0 Å². The van der Waals surface area contributed by atoms with E-state index in [1.807, 2.05) is 11.4 Å². The lowest BCUT2D eigenvalue weighted by Crippen LogP contribution is -2.57. The first-order chi connectivity index (χ1) is 13.8. The number of amides is 2. The molecule has 5 nitrogen and oxygen atoms in total. The molecule has 2 amide bonds. The first-order valence-electron chi connectivity index (χ1n) is 9.41. The van der Waals surface area contributed by atoms with Gasteiger partial charge in [-0.25, -0.2) is 0 Å². The molecule has 3 fully saturated rings. The highest BCUT2D eigenvalue weighted by Gasteiger charge is 2.38. The van der Waals surface area contributed by atoms with Crippen LogP contribution >= 0.6 is 11.3 Å². The second kappa shape index (κ2) is 7.79. The van der Waals surface area contributed by atoms with Crippen LogP contribution in [0.5, 0.6) is 0 Å². The second-order valence-corrected chi connectivity index (χ2v) is 8.49. The number of benzene rings is 1. The topological polar surface area (TPSA) is 61.4 Å². The zero-order valence-corrected chi connectivity index (χ0v) is 16.3. The van der Waals surface area contributed by atoms with Gasteiger partial charge in [-0.2, -0.15) is 13.2 Å². The van der Waals surface area contributed by atoms with E-state index in [0.717, 1.165) is 42.9 Å². The molecule has 0 spiro atoms. The van der Waals surface area contributed by atoms with E-state index in [0.29, 0.717) is 10.8 Å². The van der Waals surface area contributed by atoms with E-state index < -0.39 is 12.1 Å². The minimum Gasteiger partial charge on any atom is -0.347 e. The number of hydrogen-bond acceptors (Lipinski definition) is 4. The number of alkyl halides is 3. The number of carbonyl (C=O) groups excluding carboxylic acids is 2. The number of rotatable bonds is 4. The van der Waals surface area contributed by atoms with E-state index in [9.17, 15) is 22.8 Å². The third-order valence-electron chi connectivity index (χ3n) is 5.49. The van der Waals surface area contributed by atoms with Crippen molar-refractivity contribution >= 4 is 28.8 Å². The number of hydrogen-bond donors (Lipinski definition) is 2. The van der Waals surface area contributed by atoms with Crippen molar-refractivity contribution in [3.8, 4) is 10.4 Å². The van der Waals surface area contributed by atoms with Crippen molar-refractivity contribution in [3.05, 3.63) is 41.3 Å². The summed E-state index contributed by atoms with van der Waals surface area (Å²) in [5.41, 5.74) is 0.829. The van der Waals surface area contributed by atoms with Gasteiger partial charge in [0.25, 0.3) is 5.91 Å². The number of nitrogens with zero attached hydrogens (tertiary/aromatic N) is 1. The maximum atomic E-state index is 12.6. The van der Waals surface area contributed by atoms with Gasteiger partial charge >= 0.3 is 12.1 Å². The van der Waals surface area contributed by atoms with Crippen LogP contribution in [0.1, 0.15) is 22.5 Å². The molecule has 0 saturated carbocycles. The second-order valence-electron chi connectivity index (χ2n) is 7.41. The fourth-order valence-corrected chi connectivity index (χ4v) is 4.82. The Morgan fingerprint density at radius 1 is 1.03 bits per heavy atom. The molecule has 2 bridgehead atoms. The summed E-state index contributed by atoms with van der Waals surface area (Å²) in [6, 6.07) is 9.82. The Balaban J connectivity index is 1.39. The van der Waals surface area contributed by atoms with E-state index in [2.05, 4.69) is 10.2 Å². The summed E-state index contributed by atoms with van der Waals surface area (Å²) in [4.78, 5) is 27.4. The average molecular weight is 423 g/mol. The number of fused-ring (bicyclic) bond motifs is 3. The van der Waals surface area contributed by atoms with Crippen molar-refractivity contribution in [2.45, 2.75) is 25.1 Å². The van der Waals surface area contributed by atoms with Gasteiger partial charge < -0.3 is 15.5 Å². The molecular weight excluding hydrogens is 403 g/mol. The van der Waals surface area contributed by atoms with E-state index in [-0.39, 0.29) is 17.6 Å². The highest BCUT2D eigenvalue weighted by molar-refractivity contribution is 7.17. The van der Waals surface area contributed by atoms with E-state index >= 15 is 0 Å². The van der Waals surface area contributed by atoms with Crippen molar-refractivity contribution in [2.24, 2.45) is 5.92 Å². The Labute approximate surface area is 169 Å². The van der Waals surface area contributed by atoms with Gasteiger partial charge in [0.2, 0.25) is 0 Å². The first kappa shape index (κ1) is 19.9. The molecule has 1 aromatic heterocycles. The van der Waals surface area contributed by atoms with Crippen molar-refractivity contribution in [1.29, 1.82) is 0 Å². The monoisotopic (exact) mass is 423 g/mol. The van der Waals surface area contributed by atoms with Crippen LogP contribution in [0.2, 0.25) is 0 Å². The molecular formula is C20H20F3N3O2S. The van der Waals surface area contributed by atoms with Crippen molar-refractivity contribution < 1.29 is 22.8 Å². The average Bonchev–Trinajstić information content (AvgIpc) is 3.19. The standard InChI is InChI=1S/C20H20F3N3O2S/c21-20(22,23)19(28)24-14-3-1-13(2-4-14)16-5-6-17(29-16)18(27)25-15-11-26-9-7-12(15)8-10-26/h1-6,12,15H,7-11H2,(H,24,28)(H,25,27)/t15-/m0/s1. The van der Waals surface area contributed by atoms with Gasteiger partial charge in [-0.3, -0.25) is 9.59 Å². The Morgan fingerprint density at radius 2 is 1.72 bits per heavy atom. The summed E-state index contributed by atoms with van der Waals surface area (Å²) in [5, 5.41) is 4.97. The third-order valence-corrected chi connectivity index (χ3v) is 6.62. The van der Waals surface area contributed by atoms with Gasteiger partial charge in [0, 0.05) is 23.2 Å². The summed E-state index contributed by atoms with van der Waals surface area (Å²) in [7, 11) is 0. The number of halogens is 3. The lowest BCUT2D eigenvalue weighted by Gasteiger charge is -2.44. The van der Waals surface area contributed by atoms with Crippen LogP contribution in [0.3, 0.4) is 0 Å². The van der Waals surface area contributed by atoms with Gasteiger partial charge in [-0.1, -0.05) is 12.1 Å². The number of thiophene rings is 1. The summed E-state index contributed by atoms with van der Waals surface area (Å²) in [6.07, 6.45) is -2.68.